The van der Waals surface area contributed by atoms with E-state index >= 15 is 0 Å². The Labute approximate surface area is 114 Å². The number of hydrazone groups is 1. The molecule has 0 aliphatic heterocycles. The van der Waals surface area contributed by atoms with Crippen molar-refractivity contribution in [2.45, 2.75) is 46.0 Å². The summed E-state index contributed by atoms with van der Waals surface area (Å²) in [6.07, 6.45) is 7.47. The van der Waals surface area contributed by atoms with Gasteiger partial charge in [-0.05, 0) is 37.8 Å². The normalized spacial score (nSPS) is 21.8. The molecule has 2 atom stereocenters. The Bertz CT molecular complexity index is 451. The number of nitrogens with one attached hydrogen (secondary N) is 1. The minimum absolute atomic E-state index is 0.0426. The van der Waals surface area contributed by atoms with Crippen molar-refractivity contribution >= 4 is 12.1 Å². The van der Waals surface area contributed by atoms with E-state index in [4.69, 9.17) is 4.42 Å². The van der Waals surface area contributed by atoms with E-state index < -0.39 is 0 Å². The van der Waals surface area contributed by atoms with Gasteiger partial charge < -0.3 is 4.42 Å². The van der Waals surface area contributed by atoms with E-state index in [0.29, 0.717) is 11.7 Å². The fraction of sp³-hybridized carbons (Fsp3) is 0.600. The van der Waals surface area contributed by atoms with Crippen LogP contribution in [0.3, 0.4) is 0 Å². The molecule has 1 aromatic rings. The van der Waals surface area contributed by atoms with Gasteiger partial charge in [0.1, 0.15) is 11.5 Å². The summed E-state index contributed by atoms with van der Waals surface area (Å²) in [5.74, 6) is 2.29. The Morgan fingerprint density at radius 2 is 2.37 bits per heavy atom. The number of aryl methyl sites for hydroxylation is 1. The standard InChI is InChI=1S/C15H22N2O2/c1-3-4-5-6-12-9-14(12)15(18)17-16-10-13-8-7-11(2)19-13/h7-8,10,12,14H,3-6,9H2,1-2H3,(H,17,18)/b16-10-/t12-,14-/m1/s1. The predicted octanol–water partition coefficient (Wildman–Crippen LogP) is 3.25. The Morgan fingerprint density at radius 3 is 3.05 bits per heavy atom. The summed E-state index contributed by atoms with van der Waals surface area (Å²) in [7, 11) is 0. The molecular weight excluding hydrogens is 240 g/mol. The zero-order valence-corrected chi connectivity index (χ0v) is 11.7. The lowest BCUT2D eigenvalue weighted by molar-refractivity contribution is -0.122. The molecule has 1 heterocycles. The van der Waals surface area contributed by atoms with Crippen LogP contribution < -0.4 is 5.43 Å². The molecule has 0 unspecified atom stereocenters. The van der Waals surface area contributed by atoms with Crippen LogP contribution in [0.5, 0.6) is 0 Å². The molecule has 1 aromatic heterocycles. The molecule has 4 nitrogen and oxygen atoms in total. The van der Waals surface area contributed by atoms with Crippen molar-refractivity contribution in [1.29, 1.82) is 0 Å². The van der Waals surface area contributed by atoms with E-state index in [1.807, 2.05) is 19.1 Å². The fourth-order valence-corrected chi connectivity index (χ4v) is 2.31. The van der Waals surface area contributed by atoms with Gasteiger partial charge in [0.2, 0.25) is 5.91 Å². The van der Waals surface area contributed by atoms with Crippen LogP contribution in [0.2, 0.25) is 0 Å². The molecule has 1 aliphatic rings. The minimum atomic E-state index is 0.0426. The van der Waals surface area contributed by atoms with Gasteiger partial charge in [-0.15, -0.1) is 0 Å². The second kappa shape index (κ2) is 6.55. The van der Waals surface area contributed by atoms with Crippen molar-refractivity contribution in [3.8, 4) is 0 Å². The van der Waals surface area contributed by atoms with E-state index in [0.717, 1.165) is 12.2 Å². The second-order valence-electron chi connectivity index (χ2n) is 5.28. The Balaban J connectivity index is 1.67. The van der Waals surface area contributed by atoms with Gasteiger partial charge in [-0.25, -0.2) is 5.43 Å². The second-order valence-corrected chi connectivity index (χ2v) is 5.28. The molecule has 19 heavy (non-hydrogen) atoms. The van der Waals surface area contributed by atoms with E-state index in [9.17, 15) is 4.79 Å². The molecule has 1 N–H and O–H groups in total. The molecule has 0 aromatic carbocycles. The van der Waals surface area contributed by atoms with Crippen LogP contribution in [-0.4, -0.2) is 12.1 Å². The Kier molecular flexibility index (Phi) is 4.77. The lowest BCUT2D eigenvalue weighted by Gasteiger charge is -1.99. The maximum Gasteiger partial charge on any atom is 0.243 e. The smallest absolute Gasteiger partial charge is 0.243 e. The molecule has 1 amide bonds. The summed E-state index contributed by atoms with van der Waals surface area (Å²) in [4.78, 5) is 11.8. The summed E-state index contributed by atoms with van der Waals surface area (Å²) in [6, 6.07) is 3.70. The van der Waals surface area contributed by atoms with Crippen molar-refractivity contribution in [1.82, 2.24) is 5.43 Å². The highest BCUT2D eigenvalue weighted by molar-refractivity contribution is 5.83. The molecule has 0 bridgehead atoms. The molecule has 104 valence electrons. The number of unbranched alkanes of at least 4 members (excludes halogenated alkanes) is 2. The van der Waals surface area contributed by atoms with Gasteiger partial charge in [0, 0.05) is 5.92 Å². The van der Waals surface area contributed by atoms with Crippen LogP contribution in [0.4, 0.5) is 0 Å². The van der Waals surface area contributed by atoms with Crippen molar-refractivity contribution in [3.05, 3.63) is 23.7 Å². The topological polar surface area (TPSA) is 54.6 Å². The molecule has 1 aliphatic carbocycles. The number of carbonyl (C=O) groups excluding carboxylic acids is 1. The first-order valence-corrected chi connectivity index (χ1v) is 7.10. The van der Waals surface area contributed by atoms with E-state index in [-0.39, 0.29) is 11.8 Å². The van der Waals surface area contributed by atoms with Gasteiger partial charge in [0.05, 0.1) is 6.21 Å². The average molecular weight is 262 g/mol. The molecular formula is C15H22N2O2. The van der Waals surface area contributed by atoms with Gasteiger partial charge in [-0.2, -0.15) is 5.10 Å². The number of amides is 1. The van der Waals surface area contributed by atoms with Crippen LogP contribution in [0.1, 0.15) is 50.5 Å². The number of rotatable bonds is 7. The predicted molar refractivity (Wildman–Crippen MR) is 74.9 cm³/mol. The summed E-state index contributed by atoms with van der Waals surface area (Å²) in [5, 5.41) is 3.93. The maximum atomic E-state index is 11.8. The van der Waals surface area contributed by atoms with E-state index in [1.165, 1.54) is 25.7 Å². The van der Waals surface area contributed by atoms with Crippen LogP contribution >= 0.6 is 0 Å². The van der Waals surface area contributed by atoms with E-state index in [2.05, 4.69) is 17.5 Å². The third-order valence-electron chi connectivity index (χ3n) is 3.57. The summed E-state index contributed by atoms with van der Waals surface area (Å²) in [5.41, 5.74) is 2.59. The zero-order chi connectivity index (χ0) is 13.7. The highest BCUT2D eigenvalue weighted by Gasteiger charge is 2.41. The third-order valence-corrected chi connectivity index (χ3v) is 3.57. The fourth-order valence-electron chi connectivity index (χ4n) is 2.31. The molecule has 2 rings (SSSR count). The number of carbonyl (C=O) groups is 1. The molecule has 1 fully saturated rings. The molecule has 0 radical (unpaired) electrons. The number of furan rings is 1. The van der Waals surface area contributed by atoms with Gasteiger partial charge in [-0.1, -0.05) is 26.2 Å². The first kappa shape index (κ1) is 13.8. The van der Waals surface area contributed by atoms with Crippen LogP contribution in [0.15, 0.2) is 21.7 Å². The van der Waals surface area contributed by atoms with Crippen molar-refractivity contribution < 1.29 is 9.21 Å². The van der Waals surface area contributed by atoms with Gasteiger partial charge in [-0.3, -0.25) is 4.79 Å². The van der Waals surface area contributed by atoms with Crippen molar-refractivity contribution in [2.75, 3.05) is 0 Å². The number of nitrogens with zero attached hydrogens (tertiary/aromatic N) is 1. The van der Waals surface area contributed by atoms with Crippen LogP contribution in [-0.2, 0) is 4.79 Å². The summed E-state index contributed by atoms with van der Waals surface area (Å²) in [6.45, 7) is 4.07. The van der Waals surface area contributed by atoms with Crippen LogP contribution in [0.25, 0.3) is 0 Å². The monoisotopic (exact) mass is 262 g/mol. The Morgan fingerprint density at radius 1 is 1.53 bits per heavy atom. The van der Waals surface area contributed by atoms with E-state index in [1.54, 1.807) is 6.21 Å². The maximum absolute atomic E-state index is 11.8. The number of hydrogen-bond acceptors (Lipinski definition) is 3. The third kappa shape index (κ3) is 4.23. The lowest BCUT2D eigenvalue weighted by Crippen LogP contribution is -2.20. The summed E-state index contributed by atoms with van der Waals surface area (Å²) < 4.78 is 5.33. The van der Waals surface area contributed by atoms with Gasteiger partial charge in [0.15, 0.2) is 0 Å². The highest BCUT2D eigenvalue weighted by Crippen LogP contribution is 2.42. The quantitative estimate of drug-likeness (QED) is 0.466. The molecule has 4 heteroatoms. The summed E-state index contributed by atoms with van der Waals surface area (Å²) >= 11 is 0. The van der Waals surface area contributed by atoms with Gasteiger partial charge >= 0.3 is 0 Å². The molecule has 0 spiro atoms. The lowest BCUT2D eigenvalue weighted by atomic mass is 10.1. The molecule has 0 saturated heterocycles. The van der Waals surface area contributed by atoms with Crippen molar-refractivity contribution in [3.63, 3.8) is 0 Å². The first-order valence-electron chi connectivity index (χ1n) is 7.10. The van der Waals surface area contributed by atoms with Crippen molar-refractivity contribution in [2.24, 2.45) is 16.9 Å². The van der Waals surface area contributed by atoms with Crippen LogP contribution in [0, 0.1) is 18.8 Å². The average Bonchev–Trinajstić information content (AvgIpc) is 3.05. The Hall–Kier alpha value is -1.58. The SMILES string of the molecule is CCCCC[C@@H]1C[C@H]1C(=O)N/N=C\c1ccc(C)o1. The number of hydrogen-bond donors (Lipinski definition) is 1. The first-order chi connectivity index (χ1) is 9.20. The highest BCUT2D eigenvalue weighted by atomic mass is 16.3. The van der Waals surface area contributed by atoms with Gasteiger partial charge in [0.25, 0.3) is 0 Å². The minimum Gasteiger partial charge on any atom is -0.460 e. The molecule has 1 saturated carbocycles. The zero-order valence-electron chi connectivity index (χ0n) is 11.7. The largest absolute Gasteiger partial charge is 0.460 e.